The van der Waals surface area contributed by atoms with E-state index in [1.807, 2.05) is 11.6 Å². The van der Waals surface area contributed by atoms with Crippen LogP contribution in [0.5, 0.6) is 0 Å². The first-order valence-electron chi connectivity index (χ1n) is 6.12. The van der Waals surface area contributed by atoms with Crippen molar-refractivity contribution in [2.24, 2.45) is 0 Å². The lowest BCUT2D eigenvalue weighted by Crippen LogP contribution is -2.40. The van der Waals surface area contributed by atoms with Gasteiger partial charge in [0.25, 0.3) is 0 Å². The van der Waals surface area contributed by atoms with Gasteiger partial charge in [0.15, 0.2) is 0 Å². The average Bonchev–Trinajstić information content (AvgIpc) is 2.34. The van der Waals surface area contributed by atoms with Crippen molar-refractivity contribution in [3.05, 3.63) is 11.6 Å². The summed E-state index contributed by atoms with van der Waals surface area (Å²) in [5, 5.41) is 8.70. The molecule has 0 aliphatic heterocycles. The summed E-state index contributed by atoms with van der Waals surface area (Å²) < 4.78 is 24.5. The summed E-state index contributed by atoms with van der Waals surface area (Å²) in [4.78, 5) is 17.7. The van der Waals surface area contributed by atoms with Gasteiger partial charge in [-0.2, -0.15) is 8.42 Å². The smallest absolute Gasteiger partial charge is 0.323 e. The molecule has 19 heavy (non-hydrogen) atoms. The fraction of sp³-hybridized carbons (Fsp3) is 0.727. The fourth-order valence-corrected chi connectivity index (χ4v) is 1.78. The van der Waals surface area contributed by atoms with Gasteiger partial charge in [-0.1, -0.05) is 30.7 Å². The molecule has 0 saturated carbocycles. The Balaban J connectivity index is 3.95. The highest BCUT2D eigenvalue weighted by atomic mass is 32.2. The molecule has 0 fully saturated rings. The molecule has 0 aromatic carbocycles. The van der Waals surface area contributed by atoms with Crippen molar-refractivity contribution in [3.8, 4) is 0 Å². The Morgan fingerprint density at radius 1 is 1.37 bits per heavy atom. The van der Waals surface area contributed by atoms with Crippen molar-refractivity contribution in [2.75, 3.05) is 13.2 Å². The molecule has 8 heteroatoms. The molecule has 0 aliphatic carbocycles. The van der Waals surface area contributed by atoms with E-state index in [-0.39, 0.29) is 19.6 Å². The maximum atomic E-state index is 11.3. The van der Waals surface area contributed by atoms with Crippen LogP contribution in [0.2, 0.25) is 0 Å². The van der Waals surface area contributed by atoms with Gasteiger partial charge in [0.05, 0.1) is 13.2 Å². The normalized spacial score (nSPS) is 12.5. The topological polar surface area (TPSA) is 105 Å². The van der Waals surface area contributed by atoms with Crippen LogP contribution in [-0.2, 0) is 19.8 Å². The predicted molar refractivity (Wildman–Crippen MR) is 71.1 cm³/mol. The highest BCUT2D eigenvalue weighted by molar-refractivity contribution is 7.87. The van der Waals surface area contributed by atoms with Gasteiger partial charge in [0, 0.05) is 6.42 Å². The number of carbonyl (C=O) groups excluding carboxylic acids is 1. The first-order chi connectivity index (χ1) is 8.91. The number of amides is 1. The molecule has 0 spiro atoms. The van der Waals surface area contributed by atoms with Crippen LogP contribution in [0.1, 0.15) is 39.5 Å². The van der Waals surface area contributed by atoms with E-state index in [9.17, 15) is 13.2 Å². The Morgan fingerprint density at radius 2 is 2.05 bits per heavy atom. The summed E-state index contributed by atoms with van der Waals surface area (Å²) in [6.45, 7) is 3.51. The number of aliphatic hydroxyl groups is 1. The van der Waals surface area contributed by atoms with Gasteiger partial charge in [0.1, 0.15) is 0 Å². The molecular weight excluding hydrogens is 272 g/mol. The monoisotopic (exact) mass is 294 g/mol. The van der Waals surface area contributed by atoms with Crippen LogP contribution >= 0.6 is 0 Å². The number of unbranched alkanes of at least 4 members (excludes halogenated alkanes) is 2. The maximum absolute atomic E-state index is 11.3. The molecule has 0 radical (unpaired) electrons. The van der Waals surface area contributed by atoms with Gasteiger partial charge < -0.3 is 5.11 Å². The molecule has 0 saturated heterocycles. The van der Waals surface area contributed by atoms with Crippen LogP contribution in [0, 0.1) is 0 Å². The van der Waals surface area contributed by atoms with E-state index in [4.69, 9.17) is 5.11 Å². The summed E-state index contributed by atoms with van der Waals surface area (Å²) in [5.74, 6) is -0.563. The molecule has 3 N–H and O–H groups in total. The second kappa shape index (κ2) is 9.90. The Kier molecular flexibility index (Phi) is 9.40. The van der Waals surface area contributed by atoms with E-state index in [0.29, 0.717) is 12.0 Å². The summed E-state index contributed by atoms with van der Waals surface area (Å²) in [6, 6.07) is 0. The third-order valence-corrected chi connectivity index (χ3v) is 3.02. The highest BCUT2D eigenvalue weighted by Gasteiger charge is 2.13. The number of hydrogen-bond donors (Lipinski definition) is 3. The van der Waals surface area contributed by atoms with E-state index >= 15 is 0 Å². The standard InChI is InChI=1S/C11H22N2O5S/c1-3-4-5-6-11(15)12-19(16,17)13-18-8-7-10(2)9-14/h7,13-14H,3-6,8-9H2,1-2H3,(H,12,15)/b10-7+. The zero-order chi connectivity index (χ0) is 14.7. The first kappa shape index (κ1) is 18.0. The SMILES string of the molecule is CCCCCC(=O)NS(=O)(=O)NOC/C=C(\C)CO. The van der Waals surface area contributed by atoms with Crippen LogP contribution in [0.25, 0.3) is 0 Å². The Labute approximate surface area is 114 Å². The lowest BCUT2D eigenvalue weighted by Gasteiger charge is -2.07. The minimum atomic E-state index is -3.99. The quantitative estimate of drug-likeness (QED) is 0.307. The minimum absolute atomic E-state index is 0.0304. The molecule has 1 amide bonds. The van der Waals surface area contributed by atoms with Crippen molar-refractivity contribution in [1.29, 1.82) is 0 Å². The molecule has 0 bridgehead atoms. The molecule has 0 aliphatic rings. The molecule has 0 unspecified atom stereocenters. The van der Waals surface area contributed by atoms with Crippen molar-refractivity contribution >= 4 is 16.1 Å². The summed E-state index contributed by atoms with van der Waals surface area (Å²) >= 11 is 0. The number of hydrogen-bond acceptors (Lipinski definition) is 5. The molecule has 0 aromatic rings. The van der Waals surface area contributed by atoms with Crippen LogP contribution in [0.15, 0.2) is 11.6 Å². The van der Waals surface area contributed by atoms with Crippen LogP contribution in [0.3, 0.4) is 0 Å². The van der Waals surface area contributed by atoms with Crippen LogP contribution in [0.4, 0.5) is 0 Å². The Hall–Kier alpha value is -0.960. The lowest BCUT2D eigenvalue weighted by molar-refractivity contribution is -0.119. The van der Waals surface area contributed by atoms with Gasteiger partial charge >= 0.3 is 10.2 Å². The van der Waals surface area contributed by atoms with E-state index in [0.717, 1.165) is 12.8 Å². The van der Waals surface area contributed by atoms with E-state index < -0.39 is 16.1 Å². The number of nitrogens with one attached hydrogen (secondary N) is 2. The molecule has 0 aromatic heterocycles. The Morgan fingerprint density at radius 3 is 2.63 bits per heavy atom. The first-order valence-corrected chi connectivity index (χ1v) is 7.60. The summed E-state index contributed by atoms with van der Waals surface area (Å²) in [7, 11) is -3.99. The van der Waals surface area contributed by atoms with Gasteiger partial charge in [0.2, 0.25) is 5.91 Å². The zero-order valence-corrected chi connectivity index (χ0v) is 12.1. The average molecular weight is 294 g/mol. The van der Waals surface area contributed by atoms with Gasteiger partial charge in [-0.15, -0.1) is 0 Å². The molecular formula is C11H22N2O5S. The van der Waals surface area contributed by atoms with E-state index in [1.54, 1.807) is 11.8 Å². The number of carbonyl (C=O) groups is 1. The molecule has 7 nitrogen and oxygen atoms in total. The molecule has 112 valence electrons. The number of aliphatic hydroxyl groups excluding tert-OH is 1. The number of rotatable bonds is 10. The largest absolute Gasteiger partial charge is 0.392 e. The Bertz CT molecular complexity index is 392. The van der Waals surface area contributed by atoms with Crippen LogP contribution in [-0.4, -0.2) is 32.6 Å². The predicted octanol–water partition coefficient (Wildman–Crippen LogP) is 0.388. The van der Waals surface area contributed by atoms with Crippen molar-refractivity contribution in [3.63, 3.8) is 0 Å². The van der Waals surface area contributed by atoms with E-state index in [2.05, 4.69) is 4.84 Å². The van der Waals surface area contributed by atoms with Crippen molar-refractivity contribution < 1.29 is 23.2 Å². The van der Waals surface area contributed by atoms with Crippen molar-refractivity contribution in [1.82, 2.24) is 9.61 Å². The van der Waals surface area contributed by atoms with Gasteiger partial charge in [-0.05, 0) is 18.9 Å². The third kappa shape index (κ3) is 10.6. The van der Waals surface area contributed by atoms with Gasteiger partial charge in [-0.25, -0.2) is 4.72 Å². The van der Waals surface area contributed by atoms with Crippen LogP contribution < -0.4 is 9.61 Å². The lowest BCUT2D eigenvalue weighted by atomic mass is 10.2. The fourth-order valence-electron chi connectivity index (χ4n) is 1.12. The third-order valence-electron chi connectivity index (χ3n) is 2.19. The van der Waals surface area contributed by atoms with E-state index in [1.165, 1.54) is 6.08 Å². The second-order valence-corrected chi connectivity index (χ2v) is 5.47. The molecule has 0 heterocycles. The van der Waals surface area contributed by atoms with Crippen molar-refractivity contribution in [2.45, 2.75) is 39.5 Å². The highest BCUT2D eigenvalue weighted by Crippen LogP contribution is 1.98. The molecule has 0 rings (SSSR count). The zero-order valence-electron chi connectivity index (χ0n) is 11.3. The second-order valence-electron chi connectivity index (χ2n) is 4.09. The van der Waals surface area contributed by atoms with Gasteiger partial charge in [-0.3, -0.25) is 9.63 Å². The molecule has 0 atom stereocenters. The summed E-state index contributed by atoms with van der Waals surface area (Å²) in [5.41, 5.74) is 0.655. The minimum Gasteiger partial charge on any atom is -0.392 e. The maximum Gasteiger partial charge on any atom is 0.323 e. The summed E-state index contributed by atoms with van der Waals surface area (Å²) in [6.07, 6.45) is 4.17.